The van der Waals surface area contributed by atoms with Crippen molar-refractivity contribution < 1.29 is 4.42 Å². The van der Waals surface area contributed by atoms with E-state index in [0.717, 1.165) is 33.4 Å². The highest BCUT2D eigenvalue weighted by atomic mass is 32.1. The predicted octanol–water partition coefficient (Wildman–Crippen LogP) is 11.5. The molecule has 0 radical (unpaired) electrons. The summed E-state index contributed by atoms with van der Waals surface area (Å²) in [5.41, 5.74) is 7.02. The summed E-state index contributed by atoms with van der Waals surface area (Å²) >= 11 is 1.84. The molecular weight excluding hydrogens is 504 g/mol. The molecule has 2 heterocycles. The van der Waals surface area contributed by atoms with Crippen molar-refractivity contribution >= 4 is 42.3 Å². The van der Waals surface area contributed by atoms with E-state index in [1.54, 1.807) is 0 Å². The highest BCUT2D eigenvalue weighted by Gasteiger charge is 2.19. The lowest BCUT2D eigenvalue weighted by molar-refractivity contribution is 0.602. The van der Waals surface area contributed by atoms with E-state index in [4.69, 9.17) is 4.42 Å². The molecule has 0 unspecified atom stereocenters. The summed E-state index contributed by atoms with van der Waals surface area (Å²) in [7, 11) is 0. The SMILES string of the molecule is c1ccc(-c2ccc3sc4ccc(-c5oc(-c6ccccc6-c6ccccc6)c6ccccc56)cc4c3c2)cc1. The van der Waals surface area contributed by atoms with E-state index in [0.29, 0.717) is 0 Å². The van der Waals surface area contributed by atoms with Crippen molar-refractivity contribution in [2.45, 2.75) is 0 Å². The molecule has 0 bridgehead atoms. The molecule has 8 rings (SSSR count). The van der Waals surface area contributed by atoms with Gasteiger partial charge in [0, 0.05) is 42.1 Å². The third-order valence-corrected chi connectivity index (χ3v) is 8.87. The molecular formula is C38H24OS. The van der Waals surface area contributed by atoms with Crippen molar-refractivity contribution in [1.82, 2.24) is 0 Å². The van der Waals surface area contributed by atoms with Crippen LogP contribution in [-0.4, -0.2) is 0 Å². The van der Waals surface area contributed by atoms with Gasteiger partial charge in [-0.1, -0.05) is 115 Å². The minimum atomic E-state index is 0.909. The molecule has 0 N–H and O–H groups in total. The smallest absolute Gasteiger partial charge is 0.143 e. The van der Waals surface area contributed by atoms with Crippen molar-refractivity contribution in [1.29, 1.82) is 0 Å². The van der Waals surface area contributed by atoms with E-state index in [-0.39, 0.29) is 0 Å². The van der Waals surface area contributed by atoms with E-state index in [1.165, 1.54) is 42.4 Å². The first-order chi connectivity index (χ1) is 19.8. The van der Waals surface area contributed by atoms with Crippen molar-refractivity contribution in [3.63, 3.8) is 0 Å². The zero-order valence-electron chi connectivity index (χ0n) is 21.7. The van der Waals surface area contributed by atoms with Crippen LogP contribution in [0, 0.1) is 0 Å². The lowest BCUT2D eigenvalue weighted by atomic mass is 9.96. The second-order valence-corrected chi connectivity index (χ2v) is 11.2. The standard InChI is InChI=1S/C38H24OS/c1-3-11-25(12-4-1)27-19-21-35-33(23-27)34-24-28(20-22-36(34)40-35)37-31-17-9-10-18-32(31)38(39-37)30-16-8-7-15-29(30)26-13-5-2-6-14-26/h1-24H. The topological polar surface area (TPSA) is 13.1 Å². The molecule has 2 aromatic heterocycles. The average molecular weight is 529 g/mol. The summed E-state index contributed by atoms with van der Waals surface area (Å²) < 4.78 is 9.42. The molecule has 0 amide bonds. The van der Waals surface area contributed by atoms with Gasteiger partial charge in [-0.3, -0.25) is 0 Å². The number of benzene rings is 6. The van der Waals surface area contributed by atoms with Crippen LogP contribution in [0.3, 0.4) is 0 Å². The Kier molecular flexibility index (Phi) is 5.39. The van der Waals surface area contributed by atoms with Crippen molar-refractivity contribution in [2.75, 3.05) is 0 Å². The van der Waals surface area contributed by atoms with Gasteiger partial charge in [0.2, 0.25) is 0 Å². The normalized spacial score (nSPS) is 11.5. The van der Waals surface area contributed by atoms with Gasteiger partial charge in [0.05, 0.1) is 0 Å². The number of hydrogen-bond donors (Lipinski definition) is 0. The van der Waals surface area contributed by atoms with Crippen LogP contribution in [0.15, 0.2) is 150 Å². The van der Waals surface area contributed by atoms with Gasteiger partial charge >= 0.3 is 0 Å². The fourth-order valence-corrected chi connectivity index (χ4v) is 6.85. The van der Waals surface area contributed by atoms with Crippen LogP contribution in [0.4, 0.5) is 0 Å². The third kappa shape index (κ3) is 3.77. The maximum absolute atomic E-state index is 6.83. The van der Waals surface area contributed by atoms with Crippen LogP contribution >= 0.6 is 11.3 Å². The Balaban J connectivity index is 1.32. The summed E-state index contributed by atoms with van der Waals surface area (Å²) in [5, 5.41) is 4.81. The molecule has 40 heavy (non-hydrogen) atoms. The monoisotopic (exact) mass is 528 g/mol. The zero-order valence-corrected chi connectivity index (χ0v) is 22.5. The number of thiophene rings is 1. The first-order valence-corrected chi connectivity index (χ1v) is 14.3. The Hall–Kier alpha value is -4.92. The predicted molar refractivity (Wildman–Crippen MR) is 171 cm³/mol. The molecule has 0 spiro atoms. The van der Waals surface area contributed by atoms with Gasteiger partial charge in [0.25, 0.3) is 0 Å². The molecule has 1 nitrogen and oxygen atoms in total. The highest BCUT2D eigenvalue weighted by Crippen LogP contribution is 2.44. The number of hydrogen-bond acceptors (Lipinski definition) is 2. The Morgan fingerprint density at radius 1 is 0.350 bits per heavy atom. The molecule has 0 saturated carbocycles. The molecule has 8 aromatic rings. The minimum absolute atomic E-state index is 0.909. The van der Waals surface area contributed by atoms with Crippen molar-refractivity contribution in [3.05, 3.63) is 146 Å². The summed E-state index contributed by atoms with van der Waals surface area (Å²) in [4.78, 5) is 0. The number of furan rings is 1. The lowest BCUT2D eigenvalue weighted by Crippen LogP contribution is -1.83. The van der Waals surface area contributed by atoms with E-state index in [9.17, 15) is 0 Å². The van der Waals surface area contributed by atoms with Gasteiger partial charge in [0.1, 0.15) is 11.5 Å². The van der Waals surface area contributed by atoms with Gasteiger partial charge in [0.15, 0.2) is 0 Å². The van der Waals surface area contributed by atoms with Crippen molar-refractivity contribution in [3.8, 4) is 44.9 Å². The summed E-state index contributed by atoms with van der Waals surface area (Å²) in [6, 6.07) is 51.8. The van der Waals surface area contributed by atoms with Gasteiger partial charge < -0.3 is 4.42 Å². The molecule has 0 saturated heterocycles. The second kappa shape index (κ2) is 9.37. The van der Waals surface area contributed by atoms with Gasteiger partial charge in [-0.15, -0.1) is 11.3 Å². The molecule has 0 atom stereocenters. The molecule has 188 valence electrons. The van der Waals surface area contributed by atoms with Gasteiger partial charge in [-0.2, -0.15) is 0 Å². The number of rotatable bonds is 4. The third-order valence-electron chi connectivity index (χ3n) is 7.72. The van der Waals surface area contributed by atoms with Crippen LogP contribution in [0.2, 0.25) is 0 Å². The van der Waals surface area contributed by atoms with Crippen LogP contribution in [0.25, 0.3) is 75.8 Å². The fourth-order valence-electron chi connectivity index (χ4n) is 5.78. The molecule has 0 fully saturated rings. The second-order valence-electron chi connectivity index (χ2n) is 10.1. The first-order valence-electron chi connectivity index (χ1n) is 13.5. The summed E-state index contributed by atoms with van der Waals surface area (Å²) in [6.07, 6.45) is 0. The fraction of sp³-hybridized carbons (Fsp3) is 0. The van der Waals surface area contributed by atoms with Crippen molar-refractivity contribution in [2.24, 2.45) is 0 Å². The van der Waals surface area contributed by atoms with E-state index >= 15 is 0 Å². The van der Waals surface area contributed by atoms with Crippen LogP contribution < -0.4 is 0 Å². The largest absolute Gasteiger partial charge is 0.455 e. The van der Waals surface area contributed by atoms with Gasteiger partial charge in [-0.05, 0) is 52.6 Å². The van der Waals surface area contributed by atoms with E-state index in [1.807, 2.05) is 11.3 Å². The highest BCUT2D eigenvalue weighted by molar-refractivity contribution is 7.25. The number of fused-ring (bicyclic) bond motifs is 4. The lowest BCUT2D eigenvalue weighted by Gasteiger charge is -2.08. The molecule has 0 aliphatic heterocycles. The molecule has 0 aliphatic carbocycles. The maximum atomic E-state index is 6.83. The van der Waals surface area contributed by atoms with E-state index in [2.05, 4.69) is 146 Å². The molecule has 6 aromatic carbocycles. The Morgan fingerprint density at radius 2 is 0.875 bits per heavy atom. The Bertz CT molecular complexity index is 2150. The average Bonchev–Trinajstić information content (AvgIpc) is 3.60. The summed E-state index contributed by atoms with van der Waals surface area (Å²) in [5.74, 6) is 1.82. The molecule has 2 heteroatoms. The van der Waals surface area contributed by atoms with E-state index < -0.39 is 0 Å². The van der Waals surface area contributed by atoms with Crippen LogP contribution in [-0.2, 0) is 0 Å². The quantitative estimate of drug-likeness (QED) is 0.221. The minimum Gasteiger partial charge on any atom is -0.455 e. The Labute approximate surface area is 236 Å². The first kappa shape index (κ1) is 23.0. The van der Waals surface area contributed by atoms with Crippen LogP contribution in [0.5, 0.6) is 0 Å². The van der Waals surface area contributed by atoms with Gasteiger partial charge in [-0.25, -0.2) is 0 Å². The zero-order chi connectivity index (χ0) is 26.5. The molecule has 0 aliphatic rings. The van der Waals surface area contributed by atoms with Crippen LogP contribution in [0.1, 0.15) is 0 Å². The Morgan fingerprint density at radius 3 is 1.57 bits per heavy atom. The maximum Gasteiger partial charge on any atom is 0.143 e. The summed E-state index contributed by atoms with van der Waals surface area (Å²) in [6.45, 7) is 0.